The quantitative estimate of drug-likeness (QED) is 0.498. The molecule has 2 fully saturated rings. The smallest absolute Gasteiger partial charge is 0.203 e. The fourth-order valence-electron chi connectivity index (χ4n) is 3.78. The van der Waals surface area contributed by atoms with E-state index in [1.54, 1.807) is 0 Å². The van der Waals surface area contributed by atoms with Gasteiger partial charge in [-0.05, 0) is 24.3 Å². The molecule has 5 heteroatoms. The van der Waals surface area contributed by atoms with Crippen molar-refractivity contribution in [2.75, 3.05) is 57.5 Å². The summed E-state index contributed by atoms with van der Waals surface area (Å²) in [5.74, 6) is 0.931. The Morgan fingerprint density at radius 1 is 0.808 bits per heavy atom. The van der Waals surface area contributed by atoms with Gasteiger partial charge >= 0.3 is 0 Å². The van der Waals surface area contributed by atoms with E-state index in [2.05, 4.69) is 51.9 Å². The second kappa shape index (κ2) is 6.74. The van der Waals surface area contributed by atoms with Gasteiger partial charge in [-0.1, -0.05) is 0 Å². The monoisotopic (exact) mass is 351 g/mol. The number of hydrogen-bond acceptors (Lipinski definition) is 4. The maximum Gasteiger partial charge on any atom is 0.203 e. The van der Waals surface area contributed by atoms with E-state index in [0.717, 1.165) is 74.9 Å². The van der Waals surface area contributed by atoms with Crippen LogP contribution < -0.4 is 14.8 Å². The molecule has 1 aliphatic carbocycles. The number of ether oxygens (including phenoxy) is 2. The Hall–Kier alpha value is -2.37. The predicted molar refractivity (Wildman–Crippen MR) is 102 cm³/mol. The van der Waals surface area contributed by atoms with Crippen LogP contribution in [-0.2, 0) is 9.47 Å². The summed E-state index contributed by atoms with van der Waals surface area (Å²) in [6, 6.07) is 15.2. The Morgan fingerprint density at radius 3 is 2.46 bits per heavy atom. The zero-order valence-corrected chi connectivity index (χ0v) is 14.8. The van der Waals surface area contributed by atoms with Crippen LogP contribution in [0.25, 0.3) is 22.3 Å². The van der Waals surface area contributed by atoms with Crippen molar-refractivity contribution < 1.29 is 13.9 Å². The Bertz CT molecular complexity index is 964. The minimum Gasteiger partial charge on any atom is -0.456 e. The third kappa shape index (κ3) is 2.97. The summed E-state index contributed by atoms with van der Waals surface area (Å²) in [4.78, 5) is 2.35. The van der Waals surface area contributed by atoms with Crippen LogP contribution in [0.3, 0.4) is 0 Å². The highest BCUT2D eigenvalue weighted by Gasteiger charge is 2.16. The lowest BCUT2D eigenvalue weighted by atomic mass is 10.1. The average Bonchev–Trinajstić information content (AvgIpc) is 2.73. The molecule has 0 atom stereocenters. The molecular formula is C21H23N2O3+. The number of rotatable bonds is 1. The van der Waals surface area contributed by atoms with Crippen LogP contribution in [0.5, 0.6) is 0 Å². The molecule has 0 spiro atoms. The highest BCUT2D eigenvalue weighted by Crippen LogP contribution is 2.30. The van der Waals surface area contributed by atoms with E-state index in [-0.39, 0.29) is 0 Å². The molecule has 2 saturated heterocycles. The molecule has 3 aliphatic heterocycles. The topological polar surface area (TPSA) is 37.9 Å². The van der Waals surface area contributed by atoms with E-state index in [1.807, 2.05) is 0 Å². The molecule has 1 aromatic carbocycles. The van der Waals surface area contributed by atoms with E-state index in [0.29, 0.717) is 0 Å². The van der Waals surface area contributed by atoms with Gasteiger partial charge in [-0.15, -0.1) is 0 Å². The first kappa shape index (κ1) is 15.9. The van der Waals surface area contributed by atoms with Crippen molar-refractivity contribution in [1.29, 1.82) is 0 Å². The predicted octanol–water partition coefficient (Wildman–Crippen LogP) is 2.18. The zero-order valence-electron chi connectivity index (χ0n) is 14.8. The van der Waals surface area contributed by atoms with Crippen molar-refractivity contribution >= 4 is 16.7 Å². The molecule has 4 aliphatic rings. The molecule has 0 bridgehead atoms. The first-order chi connectivity index (χ1) is 12.9. The number of anilines is 1. The van der Waals surface area contributed by atoms with E-state index in [9.17, 15) is 0 Å². The van der Waals surface area contributed by atoms with Gasteiger partial charge in [0, 0.05) is 41.9 Å². The number of hydrogen-bond donors (Lipinski definition) is 0. The van der Waals surface area contributed by atoms with Gasteiger partial charge in [0.15, 0.2) is 13.1 Å². The van der Waals surface area contributed by atoms with Gasteiger partial charge in [-0.25, -0.2) is 4.58 Å². The van der Waals surface area contributed by atoms with Gasteiger partial charge < -0.3 is 18.8 Å². The standard InChI is InChI=1S/C21H23N2O3/c1-3-18(22-5-9-24-10-6-22)14-20-16(1)13-17-2-4-19(15-21(17)26-20)23-7-11-25-12-8-23/h1-4,13-15H,5-12H2/q+1. The van der Waals surface area contributed by atoms with Crippen LogP contribution >= 0.6 is 0 Å². The van der Waals surface area contributed by atoms with Crippen molar-refractivity contribution in [3.8, 4) is 11.3 Å². The summed E-state index contributed by atoms with van der Waals surface area (Å²) in [6.07, 6.45) is 0. The molecular weight excluding hydrogens is 328 g/mol. The minimum atomic E-state index is 0.788. The Kier molecular flexibility index (Phi) is 4.11. The second-order valence-electron chi connectivity index (χ2n) is 6.89. The van der Waals surface area contributed by atoms with E-state index < -0.39 is 0 Å². The molecule has 1 aromatic rings. The van der Waals surface area contributed by atoms with Crippen LogP contribution in [0.1, 0.15) is 0 Å². The fourth-order valence-corrected chi connectivity index (χ4v) is 3.78. The van der Waals surface area contributed by atoms with Crippen molar-refractivity contribution in [2.45, 2.75) is 0 Å². The maximum absolute atomic E-state index is 6.29. The third-order valence-corrected chi connectivity index (χ3v) is 5.28. The molecule has 0 amide bonds. The lowest BCUT2D eigenvalue weighted by Crippen LogP contribution is -2.39. The molecule has 0 N–H and O–H groups in total. The van der Waals surface area contributed by atoms with E-state index in [4.69, 9.17) is 13.9 Å². The minimum absolute atomic E-state index is 0.788. The van der Waals surface area contributed by atoms with Crippen molar-refractivity contribution in [1.82, 2.24) is 4.58 Å². The highest BCUT2D eigenvalue weighted by atomic mass is 16.5. The van der Waals surface area contributed by atoms with Gasteiger partial charge in [-0.3, -0.25) is 0 Å². The Labute approximate surface area is 152 Å². The van der Waals surface area contributed by atoms with Crippen LogP contribution in [0.15, 0.2) is 46.9 Å². The lowest BCUT2D eigenvalue weighted by Gasteiger charge is -2.28. The number of morpholine rings is 2. The fraction of sp³-hybridized carbons (Fsp3) is 0.381. The first-order valence-electron chi connectivity index (χ1n) is 9.33. The van der Waals surface area contributed by atoms with Gasteiger partial charge in [0.25, 0.3) is 0 Å². The number of fused-ring (bicyclic) bond motifs is 2. The Balaban J connectivity index is 1.59. The molecule has 0 radical (unpaired) electrons. The molecule has 26 heavy (non-hydrogen) atoms. The molecule has 0 aromatic heterocycles. The lowest BCUT2D eigenvalue weighted by molar-refractivity contribution is 0.0965. The molecule has 5 nitrogen and oxygen atoms in total. The number of nitrogens with zero attached hydrogens (tertiary/aromatic N) is 2. The van der Waals surface area contributed by atoms with Crippen LogP contribution in [0.2, 0.25) is 0 Å². The molecule has 0 saturated carbocycles. The van der Waals surface area contributed by atoms with Gasteiger partial charge in [0.1, 0.15) is 24.6 Å². The van der Waals surface area contributed by atoms with Crippen LogP contribution in [-0.4, -0.2) is 52.6 Å². The molecule has 3 heterocycles. The SMILES string of the molecule is c1cc(=[N+]2CCOCC2)cc2oc3cc(N4CCOCC4)ccc3cc1-2. The normalized spacial score (nSPS) is 18.6. The average molecular weight is 351 g/mol. The van der Waals surface area contributed by atoms with Gasteiger partial charge in [0.05, 0.1) is 19.3 Å². The van der Waals surface area contributed by atoms with Crippen molar-refractivity contribution in [3.63, 3.8) is 0 Å². The van der Waals surface area contributed by atoms with Gasteiger partial charge in [0.2, 0.25) is 5.36 Å². The second-order valence-corrected chi connectivity index (χ2v) is 6.89. The molecule has 0 unspecified atom stereocenters. The first-order valence-corrected chi connectivity index (χ1v) is 9.33. The largest absolute Gasteiger partial charge is 0.456 e. The molecule has 5 rings (SSSR count). The zero-order chi connectivity index (χ0) is 17.3. The van der Waals surface area contributed by atoms with E-state index >= 15 is 0 Å². The summed E-state index contributed by atoms with van der Waals surface area (Å²) in [5, 5.41) is 2.34. The third-order valence-electron chi connectivity index (χ3n) is 5.28. The van der Waals surface area contributed by atoms with Crippen molar-refractivity contribution in [3.05, 3.63) is 47.8 Å². The van der Waals surface area contributed by atoms with Crippen LogP contribution in [0, 0.1) is 0 Å². The van der Waals surface area contributed by atoms with Crippen molar-refractivity contribution in [2.24, 2.45) is 0 Å². The van der Waals surface area contributed by atoms with Crippen LogP contribution in [0.4, 0.5) is 5.69 Å². The van der Waals surface area contributed by atoms with E-state index in [1.165, 1.54) is 11.0 Å². The summed E-state index contributed by atoms with van der Waals surface area (Å²) in [7, 11) is 0. The highest BCUT2D eigenvalue weighted by molar-refractivity contribution is 5.85. The summed E-state index contributed by atoms with van der Waals surface area (Å²) >= 11 is 0. The number of benzene rings is 2. The Morgan fingerprint density at radius 2 is 1.62 bits per heavy atom. The summed E-state index contributed by atoms with van der Waals surface area (Å²) in [6.45, 7) is 6.87. The molecule has 134 valence electrons. The summed E-state index contributed by atoms with van der Waals surface area (Å²) < 4.78 is 19.6. The van der Waals surface area contributed by atoms with Gasteiger partial charge in [-0.2, -0.15) is 0 Å². The maximum atomic E-state index is 6.29. The summed E-state index contributed by atoms with van der Waals surface area (Å²) in [5.41, 5.74) is 3.27.